The van der Waals surface area contributed by atoms with E-state index in [1.54, 1.807) is 0 Å². The van der Waals surface area contributed by atoms with Crippen LogP contribution in [-0.2, 0) is 4.79 Å². The Hall–Kier alpha value is -0.610. The van der Waals surface area contributed by atoms with E-state index in [2.05, 4.69) is 4.90 Å². The molecule has 0 aromatic heterocycles. The lowest BCUT2D eigenvalue weighted by atomic mass is 10.0. The van der Waals surface area contributed by atoms with Gasteiger partial charge in [-0.2, -0.15) is 0 Å². The van der Waals surface area contributed by atoms with Gasteiger partial charge in [-0.15, -0.1) is 0 Å². The Labute approximate surface area is 85.1 Å². The Morgan fingerprint density at radius 3 is 3.00 bits per heavy atom. The van der Waals surface area contributed by atoms with Crippen LogP contribution in [0.2, 0.25) is 0 Å². The van der Waals surface area contributed by atoms with Crippen LogP contribution in [-0.4, -0.2) is 42.2 Å². The second-order valence-corrected chi connectivity index (χ2v) is 4.03. The topological polar surface area (TPSA) is 66.6 Å². The molecular formula is C10H20N2O2. The van der Waals surface area contributed by atoms with Crippen molar-refractivity contribution in [3.05, 3.63) is 0 Å². The van der Waals surface area contributed by atoms with Gasteiger partial charge in [0, 0.05) is 13.0 Å². The molecule has 0 bridgehead atoms. The minimum atomic E-state index is -0.676. The number of carboxylic acid groups (broad SMARTS) is 1. The molecule has 0 radical (unpaired) electrons. The summed E-state index contributed by atoms with van der Waals surface area (Å²) in [7, 11) is 0. The fraction of sp³-hybridized carbons (Fsp3) is 0.900. The zero-order valence-corrected chi connectivity index (χ0v) is 8.61. The summed E-state index contributed by atoms with van der Waals surface area (Å²) < 4.78 is 0. The zero-order valence-electron chi connectivity index (χ0n) is 8.61. The molecule has 0 aromatic rings. The summed E-state index contributed by atoms with van der Waals surface area (Å²) in [6.45, 7) is 3.99. The van der Waals surface area contributed by atoms with Gasteiger partial charge >= 0.3 is 5.97 Å². The maximum atomic E-state index is 10.4. The van der Waals surface area contributed by atoms with E-state index < -0.39 is 5.97 Å². The third-order valence-electron chi connectivity index (χ3n) is 2.81. The average Bonchev–Trinajstić information content (AvgIpc) is 2.59. The first-order valence-electron chi connectivity index (χ1n) is 5.36. The van der Waals surface area contributed by atoms with Crippen molar-refractivity contribution in [3.63, 3.8) is 0 Å². The molecule has 1 unspecified atom stereocenters. The fourth-order valence-electron chi connectivity index (χ4n) is 1.99. The van der Waals surface area contributed by atoms with Gasteiger partial charge in [0.15, 0.2) is 0 Å². The van der Waals surface area contributed by atoms with Gasteiger partial charge in [0.25, 0.3) is 0 Å². The molecule has 0 saturated carbocycles. The molecule has 0 spiro atoms. The lowest BCUT2D eigenvalue weighted by Gasteiger charge is -2.14. The highest BCUT2D eigenvalue weighted by Crippen LogP contribution is 2.20. The Morgan fingerprint density at radius 2 is 2.36 bits per heavy atom. The molecule has 1 heterocycles. The van der Waals surface area contributed by atoms with Gasteiger partial charge in [-0.1, -0.05) is 0 Å². The van der Waals surface area contributed by atoms with E-state index in [9.17, 15) is 4.79 Å². The third-order valence-corrected chi connectivity index (χ3v) is 2.81. The second kappa shape index (κ2) is 5.98. The molecule has 0 aliphatic carbocycles. The van der Waals surface area contributed by atoms with Crippen LogP contribution < -0.4 is 5.73 Å². The number of carboxylic acids is 1. The quantitative estimate of drug-likeness (QED) is 0.656. The summed E-state index contributed by atoms with van der Waals surface area (Å²) in [5, 5.41) is 8.55. The van der Waals surface area contributed by atoms with Crippen LogP contribution in [0, 0.1) is 5.92 Å². The number of nitrogens with two attached hydrogens (primary N) is 1. The number of carbonyl (C=O) groups is 1. The monoisotopic (exact) mass is 200 g/mol. The van der Waals surface area contributed by atoms with E-state index >= 15 is 0 Å². The van der Waals surface area contributed by atoms with Crippen LogP contribution in [0.4, 0.5) is 0 Å². The summed E-state index contributed by atoms with van der Waals surface area (Å²) in [5.41, 5.74) is 5.44. The molecule has 14 heavy (non-hydrogen) atoms. The highest BCUT2D eigenvalue weighted by atomic mass is 16.4. The van der Waals surface area contributed by atoms with E-state index in [1.807, 2.05) is 0 Å². The third kappa shape index (κ3) is 4.07. The largest absolute Gasteiger partial charge is 0.481 e. The molecule has 1 atom stereocenters. The highest BCUT2D eigenvalue weighted by Gasteiger charge is 2.21. The van der Waals surface area contributed by atoms with Crippen molar-refractivity contribution in [1.82, 2.24) is 4.90 Å². The van der Waals surface area contributed by atoms with E-state index in [1.165, 1.54) is 0 Å². The fourth-order valence-corrected chi connectivity index (χ4v) is 1.99. The molecule has 0 amide bonds. The second-order valence-electron chi connectivity index (χ2n) is 4.03. The van der Waals surface area contributed by atoms with Crippen molar-refractivity contribution in [2.24, 2.45) is 11.7 Å². The van der Waals surface area contributed by atoms with Gasteiger partial charge in [-0.05, 0) is 44.8 Å². The van der Waals surface area contributed by atoms with Gasteiger partial charge in [-0.25, -0.2) is 0 Å². The van der Waals surface area contributed by atoms with Crippen LogP contribution in [0.5, 0.6) is 0 Å². The van der Waals surface area contributed by atoms with E-state index in [-0.39, 0.29) is 0 Å². The highest BCUT2D eigenvalue weighted by molar-refractivity contribution is 5.66. The zero-order chi connectivity index (χ0) is 10.4. The Kier molecular flexibility index (Phi) is 4.90. The predicted molar refractivity (Wildman–Crippen MR) is 55.1 cm³/mol. The molecule has 0 aromatic carbocycles. The van der Waals surface area contributed by atoms with Crippen molar-refractivity contribution in [1.29, 1.82) is 0 Å². The lowest BCUT2D eigenvalue weighted by Crippen LogP contribution is -2.23. The SMILES string of the molecule is NCCCN1CCC(CCC(=O)O)C1. The van der Waals surface area contributed by atoms with Crippen molar-refractivity contribution >= 4 is 5.97 Å². The van der Waals surface area contributed by atoms with Crippen molar-refractivity contribution < 1.29 is 9.90 Å². The number of nitrogens with zero attached hydrogens (tertiary/aromatic N) is 1. The van der Waals surface area contributed by atoms with E-state index in [0.717, 1.165) is 45.4 Å². The van der Waals surface area contributed by atoms with Crippen LogP contribution in [0.1, 0.15) is 25.7 Å². The minimum absolute atomic E-state index is 0.315. The minimum Gasteiger partial charge on any atom is -0.481 e. The Morgan fingerprint density at radius 1 is 1.57 bits per heavy atom. The summed E-state index contributed by atoms with van der Waals surface area (Å²) in [4.78, 5) is 12.8. The summed E-state index contributed by atoms with van der Waals surface area (Å²) >= 11 is 0. The normalized spacial score (nSPS) is 22.8. The molecule has 1 aliphatic rings. The maximum Gasteiger partial charge on any atom is 0.303 e. The Balaban J connectivity index is 2.10. The van der Waals surface area contributed by atoms with Crippen LogP contribution in [0.25, 0.3) is 0 Å². The van der Waals surface area contributed by atoms with E-state index in [4.69, 9.17) is 10.8 Å². The van der Waals surface area contributed by atoms with Crippen LogP contribution >= 0.6 is 0 Å². The number of likely N-dealkylation sites (tertiary alicyclic amines) is 1. The van der Waals surface area contributed by atoms with Crippen molar-refractivity contribution in [3.8, 4) is 0 Å². The van der Waals surface area contributed by atoms with Crippen molar-refractivity contribution in [2.45, 2.75) is 25.7 Å². The standard InChI is InChI=1S/C10H20N2O2/c11-5-1-6-12-7-4-9(8-12)2-3-10(13)14/h9H,1-8,11H2,(H,13,14). The Bertz CT molecular complexity index is 185. The summed E-state index contributed by atoms with van der Waals surface area (Å²) in [6, 6.07) is 0. The number of rotatable bonds is 6. The van der Waals surface area contributed by atoms with Gasteiger partial charge < -0.3 is 15.7 Å². The maximum absolute atomic E-state index is 10.4. The van der Waals surface area contributed by atoms with Crippen LogP contribution in [0.3, 0.4) is 0 Å². The molecule has 1 rings (SSSR count). The molecule has 4 heteroatoms. The van der Waals surface area contributed by atoms with Crippen LogP contribution in [0.15, 0.2) is 0 Å². The molecule has 82 valence electrons. The molecule has 1 fully saturated rings. The van der Waals surface area contributed by atoms with Gasteiger partial charge in [-0.3, -0.25) is 4.79 Å². The first-order valence-corrected chi connectivity index (χ1v) is 5.36. The summed E-state index contributed by atoms with van der Waals surface area (Å²) in [5.74, 6) is -0.0886. The van der Waals surface area contributed by atoms with E-state index in [0.29, 0.717) is 12.3 Å². The first-order chi connectivity index (χ1) is 6.72. The van der Waals surface area contributed by atoms with Crippen molar-refractivity contribution in [2.75, 3.05) is 26.2 Å². The number of hydrogen-bond donors (Lipinski definition) is 2. The number of aliphatic carboxylic acids is 1. The first kappa shape index (κ1) is 11.5. The lowest BCUT2D eigenvalue weighted by molar-refractivity contribution is -0.137. The number of hydrogen-bond acceptors (Lipinski definition) is 3. The molecular weight excluding hydrogens is 180 g/mol. The van der Waals surface area contributed by atoms with Gasteiger partial charge in [0.2, 0.25) is 0 Å². The molecule has 1 saturated heterocycles. The molecule has 3 N–H and O–H groups in total. The predicted octanol–water partition coefficient (Wildman–Crippen LogP) is 0.522. The average molecular weight is 200 g/mol. The molecule has 4 nitrogen and oxygen atoms in total. The summed E-state index contributed by atoms with van der Waals surface area (Å²) in [6.07, 6.45) is 3.34. The van der Waals surface area contributed by atoms with Gasteiger partial charge in [0.1, 0.15) is 0 Å². The molecule has 1 aliphatic heterocycles. The van der Waals surface area contributed by atoms with Gasteiger partial charge in [0.05, 0.1) is 0 Å². The smallest absolute Gasteiger partial charge is 0.303 e.